The van der Waals surface area contributed by atoms with Gasteiger partial charge in [-0.15, -0.1) is 0 Å². The van der Waals surface area contributed by atoms with E-state index in [9.17, 15) is 0 Å². The zero-order valence-corrected chi connectivity index (χ0v) is 11.9. The molecule has 0 bridgehead atoms. The molecule has 0 aliphatic rings. The highest BCUT2D eigenvalue weighted by Gasteiger charge is 2.34. The maximum Gasteiger partial charge on any atom is 0.231 e. The number of ether oxygens (including phenoxy) is 1. The first-order chi connectivity index (χ1) is 8.67. The van der Waals surface area contributed by atoms with Crippen molar-refractivity contribution in [1.29, 1.82) is 0 Å². The Labute approximate surface area is 109 Å². The largest absolute Gasteiger partial charge is 0.370 e. The Kier molecular flexibility index (Phi) is 5.75. The van der Waals surface area contributed by atoms with E-state index in [1.165, 1.54) is 0 Å². The van der Waals surface area contributed by atoms with Gasteiger partial charge in [0.2, 0.25) is 11.7 Å². The van der Waals surface area contributed by atoms with Crippen LogP contribution in [0, 0.1) is 0 Å². The lowest BCUT2D eigenvalue weighted by atomic mass is 9.96. The molecule has 1 atom stereocenters. The monoisotopic (exact) mass is 255 g/mol. The number of hydrogen-bond donors (Lipinski definition) is 1. The second kappa shape index (κ2) is 6.85. The van der Waals surface area contributed by atoms with E-state index in [1.807, 2.05) is 0 Å². The van der Waals surface area contributed by atoms with Gasteiger partial charge >= 0.3 is 0 Å². The molecule has 0 aliphatic heterocycles. The zero-order valence-electron chi connectivity index (χ0n) is 11.9. The summed E-state index contributed by atoms with van der Waals surface area (Å²) in [5.74, 6) is 1.43. The Bertz CT molecular complexity index is 339. The normalized spacial score (nSPS) is 13.8. The summed E-state index contributed by atoms with van der Waals surface area (Å²) in [5, 5.41) is 4.09. The Hall–Kier alpha value is -0.940. The molecule has 1 aromatic heterocycles. The lowest BCUT2D eigenvalue weighted by Crippen LogP contribution is -2.28. The van der Waals surface area contributed by atoms with Crippen molar-refractivity contribution in [3.63, 3.8) is 0 Å². The molecule has 0 spiro atoms. The van der Waals surface area contributed by atoms with E-state index in [2.05, 4.69) is 30.9 Å². The number of nitrogens with zero attached hydrogens (tertiary/aromatic N) is 2. The predicted molar refractivity (Wildman–Crippen MR) is 70.3 cm³/mol. The summed E-state index contributed by atoms with van der Waals surface area (Å²) >= 11 is 0. The van der Waals surface area contributed by atoms with Gasteiger partial charge in [0.1, 0.15) is 5.60 Å². The van der Waals surface area contributed by atoms with Crippen LogP contribution in [0.2, 0.25) is 0 Å². The second-order valence-corrected chi connectivity index (χ2v) is 4.58. The third-order valence-corrected chi connectivity index (χ3v) is 3.65. The Morgan fingerprint density at radius 3 is 2.44 bits per heavy atom. The Morgan fingerprint density at radius 1 is 1.33 bits per heavy atom. The van der Waals surface area contributed by atoms with Gasteiger partial charge in [-0.1, -0.05) is 32.3 Å². The molecule has 0 saturated heterocycles. The molecule has 18 heavy (non-hydrogen) atoms. The third kappa shape index (κ3) is 2.90. The first kappa shape index (κ1) is 15.1. The van der Waals surface area contributed by atoms with Gasteiger partial charge in [-0.25, -0.2) is 0 Å². The lowest BCUT2D eigenvalue weighted by molar-refractivity contribution is -0.0306. The molecule has 1 unspecified atom stereocenters. The summed E-state index contributed by atoms with van der Waals surface area (Å²) in [7, 11) is 1.69. The number of methoxy groups -OCH3 is 1. The third-order valence-electron chi connectivity index (χ3n) is 3.65. The molecule has 0 amide bonds. The van der Waals surface area contributed by atoms with Crippen molar-refractivity contribution in [3.8, 4) is 0 Å². The van der Waals surface area contributed by atoms with Crippen molar-refractivity contribution >= 4 is 0 Å². The molecule has 104 valence electrons. The first-order valence-corrected chi connectivity index (χ1v) is 6.76. The van der Waals surface area contributed by atoms with Crippen LogP contribution in [-0.4, -0.2) is 23.8 Å². The minimum absolute atomic E-state index is 0.152. The molecule has 1 heterocycles. The van der Waals surface area contributed by atoms with Gasteiger partial charge in [-0.3, -0.25) is 0 Å². The van der Waals surface area contributed by atoms with Crippen molar-refractivity contribution < 1.29 is 9.26 Å². The van der Waals surface area contributed by atoms with E-state index in [0.29, 0.717) is 18.3 Å². The number of aromatic nitrogens is 2. The van der Waals surface area contributed by atoms with Crippen molar-refractivity contribution in [2.45, 2.75) is 58.0 Å². The summed E-state index contributed by atoms with van der Waals surface area (Å²) < 4.78 is 11.0. The van der Waals surface area contributed by atoms with Crippen LogP contribution in [-0.2, 0) is 10.3 Å². The molecular formula is C13H25N3O2. The fraction of sp³-hybridized carbons (Fsp3) is 0.846. The van der Waals surface area contributed by atoms with E-state index in [1.54, 1.807) is 7.11 Å². The van der Waals surface area contributed by atoms with Crippen molar-refractivity contribution in [2.75, 3.05) is 13.7 Å². The first-order valence-electron chi connectivity index (χ1n) is 6.76. The summed E-state index contributed by atoms with van der Waals surface area (Å²) in [6.07, 6.45) is 3.66. The van der Waals surface area contributed by atoms with E-state index in [0.717, 1.165) is 25.7 Å². The highest BCUT2D eigenvalue weighted by atomic mass is 16.5. The molecule has 5 heteroatoms. The van der Waals surface area contributed by atoms with Gasteiger partial charge in [0.25, 0.3) is 0 Å². The lowest BCUT2D eigenvalue weighted by Gasteiger charge is -2.25. The topological polar surface area (TPSA) is 74.2 Å². The minimum atomic E-state index is -0.437. The van der Waals surface area contributed by atoms with E-state index >= 15 is 0 Å². The van der Waals surface area contributed by atoms with Crippen LogP contribution < -0.4 is 5.73 Å². The minimum Gasteiger partial charge on any atom is -0.370 e. The highest BCUT2D eigenvalue weighted by molar-refractivity contribution is 5.03. The quantitative estimate of drug-likeness (QED) is 0.772. The Balaban J connectivity index is 2.96. The van der Waals surface area contributed by atoms with Crippen molar-refractivity contribution in [3.05, 3.63) is 11.7 Å². The van der Waals surface area contributed by atoms with Crippen LogP contribution >= 0.6 is 0 Å². The zero-order chi connectivity index (χ0) is 13.6. The summed E-state index contributed by atoms with van der Waals surface area (Å²) in [4.78, 5) is 4.50. The maximum absolute atomic E-state index is 5.75. The van der Waals surface area contributed by atoms with E-state index < -0.39 is 5.60 Å². The van der Waals surface area contributed by atoms with Crippen LogP contribution in [0.4, 0.5) is 0 Å². The van der Waals surface area contributed by atoms with Gasteiger partial charge in [-0.05, 0) is 19.3 Å². The molecule has 0 radical (unpaired) electrons. The number of nitrogens with two attached hydrogens (primary N) is 1. The van der Waals surface area contributed by atoms with Crippen molar-refractivity contribution in [2.24, 2.45) is 5.73 Å². The summed E-state index contributed by atoms with van der Waals surface area (Å²) in [6.45, 7) is 6.79. The predicted octanol–water partition coefficient (Wildman–Crippen LogP) is 2.57. The Morgan fingerprint density at radius 2 is 2.00 bits per heavy atom. The maximum atomic E-state index is 5.75. The summed E-state index contributed by atoms with van der Waals surface area (Å²) in [6, 6.07) is 0. The van der Waals surface area contributed by atoms with E-state index in [4.69, 9.17) is 15.0 Å². The summed E-state index contributed by atoms with van der Waals surface area (Å²) in [5.41, 5.74) is 5.31. The SMILES string of the molecule is CCCC(CN)c1nc(C(CC)(CC)OC)no1. The fourth-order valence-electron chi connectivity index (χ4n) is 2.22. The van der Waals surface area contributed by atoms with Crippen LogP contribution in [0.3, 0.4) is 0 Å². The average Bonchev–Trinajstić information content (AvgIpc) is 2.89. The smallest absolute Gasteiger partial charge is 0.231 e. The molecule has 5 nitrogen and oxygen atoms in total. The highest BCUT2D eigenvalue weighted by Crippen LogP contribution is 2.31. The van der Waals surface area contributed by atoms with Crippen LogP contribution in [0.1, 0.15) is 64.1 Å². The van der Waals surface area contributed by atoms with Gasteiger partial charge in [-0.2, -0.15) is 4.98 Å². The van der Waals surface area contributed by atoms with Gasteiger partial charge in [0.15, 0.2) is 0 Å². The average molecular weight is 255 g/mol. The molecule has 0 aliphatic carbocycles. The van der Waals surface area contributed by atoms with Crippen LogP contribution in [0.25, 0.3) is 0 Å². The molecule has 1 aromatic rings. The second-order valence-electron chi connectivity index (χ2n) is 4.58. The molecule has 2 N–H and O–H groups in total. The van der Waals surface area contributed by atoms with Gasteiger partial charge in [0, 0.05) is 13.7 Å². The molecule has 0 fully saturated rings. The van der Waals surface area contributed by atoms with Gasteiger partial charge < -0.3 is 15.0 Å². The van der Waals surface area contributed by atoms with Crippen LogP contribution in [0.5, 0.6) is 0 Å². The van der Waals surface area contributed by atoms with Gasteiger partial charge in [0.05, 0.1) is 5.92 Å². The molecule has 0 saturated carbocycles. The van der Waals surface area contributed by atoms with Crippen molar-refractivity contribution in [1.82, 2.24) is 10.1 Å². The molecule has 0 aromatic carbocycles. The standard InChI is InChI=1S/C13H25N3O2/c1-5-8-10(9-14)11-15-12(16-18-11)13(6-2,7-3)17-4/h10H,5-9,14H2,1-4H3. The number of rotatable bonds is 8. The van der Waals surface area contributed by atoms with E-state index in [-0.39, 0.29) is 5.92 Å². The van der Waals surface area contributed by atoms with Crippen LogP contribution in [0.15, 0.2) is 4.52 Å². The fourth-order valence-corrected chi connectivity index (χ4v) is 2.22. The molecular weight excluding hydrogens is 230 g/mol. The number of hydrogen-bond acceptors (Lipinski definition) is 5. The molecule has 1 rings (SSSR count).